The van der Waals surface area contributed by atoms with E-state index in [2.05, 4.69) is 25.2 Å². The Morgan fingerprint density at radius 3 is 2.48 bits per heavy atom. The first-order valence-electron chi connectivity index (χ1n) is 8.20. The third kappa shape index (κ3) is 4.80. The van der Waals surface area contributed by atoms with E-state index in [-0.39, 0.29) is 0 Å². The summed E-state index contributed by atoms with van der Waals surface area (Å²) in [5.74, 6) is 2.07. The van der Waals surface area contributed by atoms with E-state index in [4.69, 9.17) is 0 Å². The molecule has 1 heterocycles. The molecular weight excluding hydrogens is 284 g/mol. The first-order valence-corrected chi connectivity index (χ1v) is 10.0. The molecule has 2 rings (SSSR count). The van der Waals surface area contributed by atoms with Gasteiger partial charge in [0.2, 0.25) is 10.0 Å². The molecule has 0 aromatic rings. The van der Waals surface area contributed by atoms with Crippen LogP contribution in [0.1, 0.15) is 39.5 Å². The molecule has 0 aromatic heterocycles. The Labute approximate surface area is 130 Å². The number of hydrogen-bond donors (Lipinski definition) is 1. The van der Waals surface area contributed by atoms with E-state index >= 15 is 0 Å². The van der Waals surface area contributed by atoms with Crippen LogP contribution in [-0.4, -0.2) is 45.2 Å². The second kappa shape index (κ2) is 7.25. The Hall–Kier alpha value is -0.390. The van der Waals surface area contributed by atoms with Crippen molar-refractivity contribution in [1.29, 1.82) is 0 Å². The van der Waals surface area contributed by atoms with E-state index < -0.39 is 10.0 Å². The van der Waals surface area contributed by atoms with Gasteiger partial charge in [-0.05, 0) is 56.9 Å². The molecular formula is C16H30N2O2S. The zero-order valence-electron chi connectivity index (χ0n) is 13.6. The molecule has 21 heavy (non-hydrogen) atoms. The second-order valence-corrected chi connectivity index (χ2v) is 8.86. The highest BCUT2D eigenvalue weighted by molar-refractivity contribution is 7.88. The molecule has 4 nitrogen and oxygen atoms in total. The van der Waals surface area contributed by atoms with Crippen molar-refractivity contribution in [1.82, 2.24) is 9.62 Å². The van der Waals surface area contributed by atoms with Crippen molar-refractivity contribution in [3.8, 4) is 0 Å². The van der Waals surface area contributed by atoms with Crippen molar-refractivity contribution in [3.05, 3.63) is 11.6 Å². The van der Waals surface area contributed by atoms with Crippen molar-refractivity contribution < 1.29 is 8.42 Å². The van der Waals surface area contributed by atoms with Crippen LogP contribution < -0.4 is 5.32 Å². The van der Waals surface area contributed by atoms with E-state index in [1.165, 1.54) is 24.7 Å². The van der Waals surface area contributed by atoms with Crippen molar-refractivity contribution in [2.24, 2.45) is 17.8 Å². The largest absolute Gasteiger partial charge is 0.316 e. The Morgan fingerprint density at radius 2 is 1.90 bits per heavy atom. The van der Waals surface area contributed by atoms with E-state index in [0.717, 1.165) is 31.8 Å². The average molecular weight is 314 g/mol. The minimum Gasteiger partial charge on any atom is -0.316 e. The smallest absolute Gasteiger partial charge is 0.211 e. The van der Waals surface area contributed by atoms with Crippen LogP contribution in [0.4, 0.5) is 0 Å². The highest BCUT2D eigenvalue weighted by atomic mass is 32.2. The van der Waals surface area contributed by atoms with Crippen molar-refractivity contribution >= 4 is 10.0 Å². The zero-order valence-corrected chi connectivity index (χ0v) is 14.5. The van der Waals surface area contributed by atoms with Gasteiger partial charge < -0.3 is 5.32 Å². The third-order valence-corrected chi connectivity index (χ3v) is 6.50. The van der Waals surface area contributed by atoms with E-state index in [9.17, 15) is 8.42 Å². The second-order valence-electron chi connectivity index (χ2n) is 6.87. The summed E-state index contributed by atoms with van der Waals surface area (Å²) in [4.78, 5) is 0. The lowest BCUT2D eigenvalue weighted by molar-refractivity contribution is 0.260. The van der Waals surface area contributed by atoms with Crippen LogP contribution >= 0.6 is 0 Å². The molecule has 0 saturated carbocycles. The van der Waals surface area contributed by atoms with Crippen molar-refractivity contribution in [2.45, 2.75) is 39.5 Å². The van der Waals surface area contributed by atoms with Gasteiger partial charge in [0.1, 0.15) is 0 Å². The van der Waals surface area contributed by atoms with Crippen LogP contribution in [0.2, 0.25) is 0 Å². The SMILES string of the molecule is CC1=CCC[C@@H](C)[C@@H]1CNCC1CCN(S(C)(=O)=O)CC1. The van der Waals surface area contributed by atoms with Gasteiger partial charge in [-0.2, -0.15) is 0 Å². The number of rotatable bonds is 5. The molecule has 0 bridgehead atoms. The standard InChI is InChI=1S/C16H30N2O2S/c1-13-5-4-6-14(2)16(13)12-17-11-15-7-9-18(10-8-15)21(3,19)20/h5,14-17H,4,6-12H2,1-3H3/t14-,16-/m1/s1. The summed E-state index contributed by atoms with van der Waals surface area (Å²) >= 11 is 0. The maximum absolute atomic E-state index is 11.5. The van der Waals surface area contributed by atoms with Gasteiger partial charge in [-0.1, -0.05) is 18.6 Å². The molecule has 0 radical (unpaired) electrons. The first kappa shape index (κ1) is 17.0. The summed E-state index contributed by atoms with van der Waals surface area (Å²) in [6.07, 6.45) is 8.19. The summed E-state index contributed by atoms with van der Waals surface area (Å²) < 4.78 is 24.6. The molecule has 0 unspecified atom stereocenters. The van der Waals surface area contributed by atoms with Gasteiger partial charge in [0.25, 0.3) is 0 Å². The van der Waals surface area contributed by atoms with E-state index in [0.29, 0.717) is 24.9 Å². The van der Waals surface area contributed by atoms with Gasteiger partial charge in [-0.15, -0.1) is 0 Å². The quantitative estimate of drug-likeness (QED) is 0.792. The molecule has 1 saturated heterocycles. The molecule has 2 aliphatic rings. The van der Waals surface area contributed by atoms with Crippen LogP contribution in [0.25, 0.3) is 0 Å². The van der Waals surface area contributed by atoms with Crippen molar-refractivity contribution in [3.63, 3.8) is 0 Å². The Bertz CT molecular complexity index is 465. The summed E-state index contributed by atoms with van der Waals surface area (Å²) in [6.45, 7) is 8.07. The molecule has 0 spiro atoms. The van der Waals surface area contributed by atoms with Gasteiger partial charge in [-0.25, -0.2) is 12.7 Å². The molecule has 1 fully saturated rings. The normalized spacial score (nSPS) is 29.4. The highest BCUT2D eigenvalue weighted by Gasteiger charge is 2.25. The summed E-state index contributed by atoms with van der Waals surface area (Å²) in [7, 11) is -3.00. The Morgan fingerprint density at radius 1 is 1.24 bits per heavy atom. The Kier molecular flexibility index (Phi) is 5.86. The fourth-order valence-electron chi connectivity index (χ4n) is 3.63. The molecule has 5 heteroatoms. The molecule has 2 atom stereocenters. The highest BCUT2D eigenvalue weighted by Crippen LogP contribution is 2.29. The average Bonchev–Trinajstić information content (AvgIpc) is 2.42. The lowest BCUT2D eigenvalue weighted by Gasteiger charge is -2.32. The third-order valence-electron chi connectivity index (χ3n) is 5.20. The molecule has 1 aliphatic carbocycles. The number of piperidine rings is 1. The lowest BCUT2D eigenvalue weighted by Crippen LogP contribution is -2.41. The number of hydrogen-bond acceptors (Lipinski definition) is 3. The summed E-state index contributed by atoms with van der Waals surface area (Å²) in [5, 5.41) is 3.63. The molecule has 1 aliphatic heterocycles. The van der Waals surface area contributed by atoms with Gasteiger partial charge in [0.15, 0.2) is 0 Å². The monoisotopic (exact) mass is 314 g/mol. The van der Waals surface area contributed by atoms with Crippen LogP contribution in [0.15, 0.2) is 11.6 Å². The number of nitrogens with zero attached hydrogens (tertiary/aromatic N) is 1. The zero-order chi connectivity index (χ0) is 15.5. The van der Waals surface area contributed by atoms with Crippen LogP contribution in [0.5, 0.6) is 0 Å². The van der Waals surface area contributed by atoms with E-state index in [1.54, 1.807) is 4.31 Å². The number of allylic oxidation sites excluding steroid dienone is 1. The summed E-state index contributed by atoms with van der Waals surface area (Å²) in [6, 6.07) is 0. The van der Waals surface area contributed by atoms with Gasteiger partial charge in [0.05, 0.1) is 6.26 Å². The maximum atomic E-state index is 11.5. The number of nitrogens with one attached hydrogen (secondary N) is 1. The van der Waals surface area contributed by atoms with Gasteiger partial charge in [-0.3, -0.25) is 0 Å². The minimum atomic E-state index is -3.00. The van der Waals surface area contributed by atoms with Crippen LogP contribution in [0, 0.1) is 17.8 Å². The molecule has 122 valence electrons. The van der Waals surface area contributed by atoms with Crippen LogP contribution in [-0.2, 0) is 10.0 Å². The molecule has 1 N–H and O–H groups in total. The van der Waals surface area contributed by atoms with Crippen LogP contribution in [0.3, 0.4) is 0 Å². The minimum absolute atomic E-state index is 0.617. The fraction of sp³-hybridized carbons (Fsp3) is 0.875. The molecule has 0 aromatic carbocycles. The Balaban J connectivity index is 1.71. The van der Waals surface area contributed by atoms with E-state index in [1.807, 2.05) is 0 Å². The van der Waals surface area contributed by atoms with Gasteiger partial charge >= 0.3 is 0 Å². The molecule has 0 amide bonds. The lowest BCUT2D eigenvalue weighted by atomic mass is 9.80. The van der Waals surface area contributed by atoms with Gasteiger partial charge in [0, 0.05) is 19.6 Å². The maximum Gasteiger partial charge on any atom is 0.211 e. The number of sulfonamides is 1. The first-order chi connectivity index (χ1) is 9.88. The fourth-order valence-corrected chi connectivity index (χ4v) is 4.50. The summed E-state index contributed by atoms with van der Waals surface area (Å²) in [5.41, 5.74) is 1.54. The predicted octanol–water partition coefficient (Wildman–Crippen LogP) is 2.24. The van der Waals surface area contributed by atoms with Crippen molar-refractivity contribution in [2.75, 3.05) is 32.4 Å². The predicted molar refractivity (Wildman–Crippen MR) is 87.7 cm³/mol. The topological polar surface area (TPSA) is 49.4 Å².